The molecule has 0 saturated carbocycles. The van der Waals surface area contributed by atoms with Crippen molar-refractivity contribution in [2.24, 2.45) is 10.1 Å². The largest absolute Gasteiger partial charge is 0.507 e. The highest BCUT2D eigenvalue weighted by atomic mass is 16.3. The van der Waals surface area contributed by atoms with Gasteiger partial charge in [-0.25, -0.2) is 10.4 Å². The van der Waals surface area contributed by atoms with Crippen LogP contribution >= 0.6 is 0 Å². The lowest BCUT2D eigenvalue weighted by molar-refractivity contribution is 0.0955. The number of hydrogen-bond acceptors (Lipinski definition) is 3. The molecule has 2 N–H and O–H groups in total. The summed E-state index contributed by atoms with van der Waals surface area (Å²) in [6.45, 7) is 0. The summed E-state index contributed by atoms with van der Waals surface area (Å²) in [5.41, 5.74) is 4.27. The average molecular weight is 343 g/mol. The summed E-state index contributed by atoms with van der Waals surface area (Å²) >= 11 is 0. The van der Waals surface area contributed by atoms with Gasteiger partial charge in [0, 0.05) is 11.8 Å². The van der Waals surface area contributed by atoms with E-state index in [1.165, 1.54) is 0 Å². The molecule has 0 heterocycles. The van der Waals surface area contributed by atoms with Crippen LogP contribution in [-0.4, -0.2) is 23.1 Å². The lowest BCUT2D eigenvalue weighted by Crippen LogP contribution is -2.19. The van der Waals surface area contributed by atoms with Crippen LogP contribution in [0.25, 0.3) is 0 Å². The van der Waals surface area contributed by atoms with Gasteiger partial charge in [0.15, 0.2) is 5.84 Å². The number of para-hydroxylation sites is 1. The summed E-state index contributed by atoms with van der Waals surface area (Å²) in [7, 11) is 0. The van der Waals surface area contributed by atoms with Crippen LogP contribution in [0.3, 0.4) is 0 Å². The number of hydrazone groups is 1. The Morgan fingerprint density at radius 2 is 1.46 bits per heavy atom. The quantitative estimate of drug-likeness (QED) is 0.431. The van der Waals surface area contributed by atoms with Crippen LogP contribution in [0.4, 0.5) is 0 Å². The molecule has 0 aromatic heterocycles. The number of aromatic hydroxyl groups is 1. The van der Waals surface area contributed by atoms with Crippen LogP contribution in [0.15, 0.2) is 95.0 Å². The van der Waals surface area contributed by atoms with Crippen LogP contribution < -0.4 is 5.43 Å². The molecule has 0 atom stereocenters. The molecule has 5 heteroatoms. The third-order valence-corrected chi connectivity index (χ3v) is 3.58. The van der Waals surface area contributed by atoms with Gasteiger partial charge in [-0.1, -0.05) is 60.7 Å². The Morgan fingerprint density at radius 1 is 0.846 bits per heavy atom. The molecule has 3 rings (SSSR count). The fourth-order valence-corrected chi connectivity index (χ4v) is 2.25. The molecular formula is C21H17N3O2. The number of amidine groups is 1. The second-order valence-electron chi connectivity index (χ2n) is 5.43. The van der Waals surface area contributed by atoms with Crippen molar-refractivity contribution in [2.45, 2.75) is 0 Å². The lowest BCUT2D eigenvalue weighted by Gasteiger charge is -2.05. The van der Waals surface area contributed by atoms with Gasteiger partial charge in [0.25, 0.3) is 5.91 Å². The van der Waals surface area contributed by atoms with Gasteiger partial charge in [-0.3, -0.25) is 4.79 Å². The standard InChI is InChI=1S/C21H17N3O2/c25-19-14-8-7-13-18(19)20(22-15-16-9-3-1-4-10-16)23-24-21(26)17-11-5-2-6-12-17/h1-15,25H,(H,24,26)/b22-15?,23-20-. The Morgan fingerprint density at radius 3 is 2.15 bits per heavy atom. The van der Waals surface area contributed by atoms with Gasteiger partial charge in [0.05, 0.1) is 5.56 Å². The third-order valence-electron chi connectivity index (χ3n) is 3.58. The average Bonchev–Trinajstić information content (AvgIpc) is 2.70. The number of amides is 1. The number of aliphatic imine (C=N–C) groups is 1. The van der Waals surface area contributed by atoms with Crippen LogP contribution in [0.2, 0.25) is 0 Å². The molecule has 0 spiro atoms. The van der Waals surface area contributed by atoms with Crippen molar-refractivity contribution < 1.29 is 9.90 Å². The van der Waals surface area contributed by atoms with E-state index in [0.29, 0.717) is 11.1 Å². The fraction of sp³-hybridized carbons (Fsp3) is 0. The predicted molar refractivity (Wildman–Crippen MR) is 103 cm³/mol. The van der Waals surface area contributed by atoms with Crippen molar-refractivity contribution in [3.05, 3.63) is 102 Å². The highest BCUT2D eigenvalue weighted by Gasteiger charge is 2.09. The van der Waals surface area contributed by atoms with E-state index in [4.69, 9.17) is 0 Å². The van der Waals surface area contributed by atoms with E-state index in [1.807, 2.05) is 36.4 Å². The number of benzene rings is 3. The van der Waals surface area contributed by atoms with Gasteiger partial charge in [-0.2, -0.15) is 5.10 Å². The molecule has 0 bridgehead atoms. The number of phenols is 1. The van der Waals surface area contributed by atoms with Crippen LogP contribution in [0.1, 0.15) is 21.5 Å². The van der Waals surface area contributed by atoms with Gasteiger partial charge in [0.1, 0.15) is 5.75 Å². The first-order valence-electron chi connectivity index (χ1n) is 8.04. The molecule has 3 aromatic carbocycles. The predicted octanol–water partition coefficient (Wildman–Crippen LogP) is 3.60. The Labute approximate surface area is 151 Å². The molecular weight excluding hydrogens is 326 g/mol. The van der Waals surface area contributed by atoms with Crippen LogP contribution in [-0.2, 0) is 0 Å². The van der Waals surface area contributed by atoms with Crippen molar-refractivity contribution in [1.82, 2.24) is 5.43 Å². The molecule has 0 aliphatic heterocycles. The second-order valence-corrected chi connectivity index (χ2v) is 5.43. The summed E-state index contributed by atoms with van der Waals surface area (Å²) in [5.74, 6) is -0.116. The maximum Gasteiger partial charge on any atom is 0.271 e. The number of carbonyl (C=O) groups excluding carboxylic acids is 1. The van der Waals surface area contributed by atoms with Crippen LogP contribution in [0, 0.1) is 0 Å². The zero-order valence-corrected chi connectivity index (χ0v) is 13.9. The first-order chi connectivity index (χ1) is 12.7. The van der Waals surface area contributed by atoms with Crippen molar-refractivity contribution in [3.63, 3.8) is 0 Å². The molecule has 128 valence electrons. The van der Waals surface area contributed by atoms with Gasteiger partial charge < -0.3 is 5.11 Å². The molecule has 1 amide bonds. The SMILES string of the molecule is O=C(N/N=C(\N=Cc1ccccc1)c1ccccc1O)c1ccccc1. The number of nitrogens with zero attached hydrogens (tertiary/aromatic N) is 2. The second kappa shape index (κ2) is 8.39. The molecule has 26 heavy (non-hydrogen) atoms. The highest BCUT2D eigenvalue weighted by molar-refractivity contribution is 6.07. The van der Waals surface area contributed by atoms with E-state index in [9.17, 15) is 9.90 Å². The summed E-state index contributed by atoms with van der Waals surface area (Å²) < 4.78 is 0. The first kappa shape index (κ1) is 17.1. The molecule has 5 nitrogen and oxygen atoms in total. The Kier molecular flexibility index (Phi) is 5.52. The van der Waals surface area contributed by atoms with Gasteiger partial charge in [-0.05, 0) is 29.8 Å². The maximum atomic E-state index is 12.2. The van der Waals surface area contributed by atoms with Gasteiger partial charge in [0.2, 0.25) is 0 Å². The van der Waals surface area contributed by atoms with Crippen LogP contribution in [0.5, 0.6) is 5.75 Å². The minimum atomic E-state index is -0.353. The van der Waals surface area contributed by atoms with E-state index >= 15 is 0 Å². The fourth-order valence-electron chi connectivity index (χ4n) is 2.25. The minimum Gasteiger partial charge on any atom is -0.507 e. The molecule has 0 aliphatic rings. The first-order valence-corrected chi connectivity index (χ1v) is 8.04. The number of rotatable bonds is 4. The third kappa shape index (κ3) is 4.42. The highest BCUT2D eigenvalue weighted by Crippen LogP contribution is 2.17. The van der Waals surface area contributed by atoms with E-state index in [-0.39, 0.29) is 17.5 Å². The van der Waals surface area contributed by atoms with E-state index in [0.717, 1.165) is 5.56 Å². The molecule has 3 aromatic rings. The Bertz CT molecular complexity index is 936. The molecule has 0 aliphatic carbocycles. The molecule has 0 unspecified atom stereocenters. The van der Waals surface area contributed by atoms with Crippen molar-refractivity contribution in [3.8, 4) is 5.75 Å². The van der Waals surface area contributed by atoms with Gasteiger partial charge in [-0.15, -0.1) is 0 Å². The zero-order chi connectivity index (χ0) is 18.2. The summed E-state index contributed by atoms with van der Waals surface area (Å²) in [5, 5.41) is 14.2. The van der Waals surface area contributed by atoms with E-state index in [2.05, 4.69) is 15.5 Å². The number of carbonyl (C=O) groups is 1. The summed E-state index contributed by atoms with van der Waals surface area (Å²) in [6, 6.07) is 25.0. The maximum absolute atomic E-state index is 12.2. The smallest absolute Gasteiger partial charge is 0.271 e. The van der Waals surface area contributed by atoms with Gasteiger partial charge >= 0.3 is 0 Å². The normalized spacial score (nSPS) is 11.5. The molecule has 0 fully saturated rings. The van der Waals surface area contributed by atoms with E-state index < -0.39 is 0 Å². The number of nitrogens with one attached hydrogen (secondary N) is 1. The summed E-state index contributed by atoms with van der Waals surface area (Å²) in [6.07, 6.45) is 1.62. The zero-order valence-electron chi connectivity index (χ0n) is 13.9. The Balaban J connectivity index is 1.89. The Hall–Kier alpha value is -3.73. The minimum absolute atomic E-state index is 0.0328. The topological polar surface area (TPSA) is 74.0 Å². The summed E-state index contributed by atoms with van der Waals surface area (Å²) in [4.78, 5) is 16.5. The number of phenolic OH excluding ortho intramolecular Hbond substituents is 1. The lowest BCUT2D eigenvalue weighted by atomic mass is 10.2. The van der Waals surface area contributed by atoms with Crippen molar-refractivity contribution in [1.29, 1.82) is 0 Å². The molecule has 0 radical (unpaired) electrons. The number of hydrogen-bond donors (Lipinski definition) is 2. The molecule has 0 saturated heterocycles. The van der Waals surface area contributed by atoms with Crippen molar-refractivity contribution in [2.75, 3.05) is 0 Å². The van der Waals surface area contributed by atoms with Crippen molar-refractivity contribution >= 4 is 18.0 Å². The monoisotopic (exact) mass is 343 g/mol. The van der Waals surface area contributed by atoms with E-state index in [1.54, 1.807) is 54.7 Å².